The number of nitrogens with two attached hydrogens (primary N) is 1. The summed E-state index contributed by atoms with van der Waals surface area (Å²) in [6.45, 7) is 0.769. The third-order valence-electron chi connectivity index (χ3n) is 2.81. The number of thiophene rings is 1. The van der Waals surface area contributed by atoms with E-state index in [1.54, 1.807) is 6.20 Å². The fraction of sp³-hybridized carbons (Fsp3) is 0.300. The van der Waals surface area contributed by atoms with E-state index in [0.29, 0.717) is 5.00 Å². The van der Waals surface area contributed by atoms with Crippen LogP contribution in [-0.4, -0.2) is 21.8 Å². The Bertz CT molecular complexity index is 505. The molecule has 0 radical (unpaired) electrons. The SMILES string of the molecule is Nc1sc(-c2ccn[nH]2)c2c1C(O)NCC2. The number of anilines is 1. The molecule has 0 spiro atoms. The Morgan fingerprint density at radius 3 is 3.19 bits per heavy atom. The molecule has 0 bridgehead atoms. The van der Waals surface area contributed by atoms with Crippen LogP contribution >= 0.6 is 11.3 Å². The molecule has 0 aliphatic carbocycles. The summed E-state index contributed by atoms with van der Waals surface area (Å²) in [6.07, 6.45) is 1.96. The Labute approximate surface area is 96.3 Å². The summed E-state index contributed by atoms with van der Waals surface area (Å²) in [7, 11) is 0. The Morgan fingerprint density at radius 2 is 2.44 bits per heavy atom. The first-order chi connectivity index (χ1) is 7.77. The number of nitrogens with zero attached hydrogens (tertiary/aromatic N) is 1. The molecule has 1 aliphatic heterocycles. The van der Waals surface area contributed by atoms with Gasteiger partial charge in [-0.1, -0.05) is 0 Å². The standard InChI is InChI=1S/C10H12N4OS/c11-9-7-5(1-3-12-10(7)15)8(16-9)6-2-4-13-14-6/h2,4,10,12,15H,1,3,11H2,(H,13,14). The quantitative estimate of drug-likeness (QED) is 0.591. The van der Waals surface area contributed by atoms with Crippen LogP contribution in [-0.2, 0) is 6.42 Å². The summed E-state index contributed by atoms with van der Waals surface area (Å²) in [5.74, 6) is 0. The summed E-state index contributed by atoms with van der Waals surface area (Å²) in [6, 6.07) is 1.92. The molecular weight excluding hydrogens is 224 g/mol. The number of rotatable bonds is 1. The predicted molar refractivity (Wildman–Crippen MR) is 63.0 cm³/mol. The van der Waals surface area contributed by atoms with Crippen molar-refractivity contribution in [2.24, 2.45) is 0 Å². The number of nitrogen functional groups attached to an aromatic ring is 1. The molecular formula is C10H12N4OS. The van der Waals surface area contributed by atoms with Gasteiger partial charge in [0.25, 0.3) is 0 Å². The van der Waals surface area contributed by atoms with E-state index in [4.69, 9.17) is 5.73 Å². The molecule has 16 heavy (non-hydrogen) atoms. The van der Waals surface area contributed by atoms with Crippen LogP contribution in [0.5, 0.6) is 0 Å². The average molecular weight is 236 g/mol. The third kappa shape index (κ3) is 1.35. The van der Waals surface area contributed by atoms with Gasteiger partial charge < -0.3 is 10.8 Å². The van der Waals surface area contributed by atoms with Gasteiger partial charge in [-0.25, -0.2) is 0 Å². The van der Waals surface area contributed by atoms with Crippen LogP contribution in [0.2, 0.25) is 0 Å². The lowest BCUT2D eigenvalue weighted by molar-refractivity contribution is 0.133. The summed E-state index contributed by atoms with van der Waals surface area (Å²) in [5, 5.41) is 20.4. The van der Waals surface area contributed by atoms with Crippen LogP contribution in [0, 0.1) is 0 Å². The molecule has 2 aromatic heterocycles. The molecule has 1 aliphatic rings. The number of H-pyrrole nitrogens is 1. The first kappa shape index (κ1) is 9.83. The molecule has 0 fully saturated rings. The molecule has 1 atom stereocenters. The van der Waals surface area contributed by atoms with Gasteiger partial charge in [0.15, 0.2) is 0 Å². The first-order valence-corrected chi connectivity index (χ1v) is 5.91. The van der Waals surface area contributed by atoms with Gasteiger partial charge in [0.05, 0.1) is 15.6 Å². The normalized spacial score (nSPS) is 19.7. The molecule has 5 N–H and O–H groups in total. The van der Waals surface area contributed by atoms with E-state index >= 15 is 0 Å². The van der Waals surface area contributed by atoms with E-state index in [1.165, 1.54) is 11.3 Å². The van der Waals surface area contributed by atoms with Crippen LogP contribution < -0.4 is 11.1 Å². The topological polar surface area (TPSA) is 87.0 Å². The van der Waals surface area contributed by atoms with Gasteiger partial charge in [-0.05, 0) is 18.1 Å². The van der Waals surface area contributed by atoms with Crippen molar-refractivity contribution < 1.29 is 5.11 Å². The van der Waals surface area contributed by atoms with E-state index in [-0.39, 0.29) is 0 Å². The van der Waals surface area contributed by atoms with Crippen molar-refractivity contribution in [3.8, 4) is 10.6 Å². The highest BCUT2D eigenvalue weighted by Gasteiger charge is 2.26. The van der Waals surface area contributed by atoms with Crippen molar-refractivity contribution in [1.82, 2.24) is 15.5 Å². The predicted octanol–water partition coefficient (Wildman–Crippen LogP) is 0.857. The molecule has 1 unspecified atom stereocenters. The Balaban J connectivity index is 2.18. The molecule has 2 aromatic rings. The largest absolute Gasteiger partial charge is 0.390 e. The minimum atomic E-state index is -0.642. The van der Waals surface area contributed by atoms with Crippen molar-refractivity contribution in [1.29, 1.82) is 0 Å². The van der Waals surface area contributed by atoms with Crippen molar-refractivity contribution >= 4 is 16.3 Å². The van der Waals surface area contributed by atoms with Crippen molar-refractivity contribution in [2.75, 3.05) is 12.3 Å². The lowest BCUT2D eigenvalue weighted by Crippen LogP contribution is -2.29. The van der Waals surface area contributed by atoms with Gasteiger partial charge in [0.1, 0.15) is 6.23 Å². The van der Waals surface area contributed by atoms with Gasteiger partial charge in [-0.15, -0.1) is 11.3 Å². The van der Waals surface area contributed by atoms with E-state index in [0.717, 1.165) is 34.7 Å². The maximum Gasteiger partial charge on any atom is 0.134 e. The highest BCUT2D eigenvalue weighted by molar-refractivity contribution is 7.19. The van der Waals surface area contributed by atoms with E-state index in [2.05, 4.69) is 15.5 Å². The summed E-state index contributed by atoms with van der Waals surface area (Å²) in [4.78, 5) is 1.09. The summed E-state index contributed by atoms with van der Waals surface area (Å²) >= 11 is 1.50. The number of hydrogen-bond donors (Lipinski definition) is 4. The minimum Gasteiger partial charge on any atom is -0.390 e. The fourth-order valence-corrected chi connectivity index (χ4v) is 3.20. The highest BCUT2D eigenvalue weighted by Crippen LogP contribution is 2.41. The molecule has 84 valence electrons. The number of aliphatic hydroxyl groups is 1. The maximum atomic E-state index is 9.84. The number of aromatic amines is 1. The van der Waals surface area contributed by atoms with Gasteiger partial charge in [0.2, 0.25) is 0 Å². The molecule has 0 aromatic carbocycles. The Morgan fingerprint density at radius 1 is 1.56 bits per heavy atom. The highest BCUT2D eigenvalue weighted by atomic mass is 32.1. The second-order valence-corrected chi connectivity index (χ2v) is 4.82. The van der Waals surface area contributed by atoms with Gasteiger partial charge in [-0.2, -0.15) is 5.10 Å². The van der Waals surface area contributed by atoms with Crippen LogP contribution in [0.25, 0.3) is 10.6 Å². The maximum absolute atomic E-state index is 9.84. The molecule has 0 saturated heterocycles. The van der Waals surface area contributed by atoms with Gasteiger partial charge >= 0.3 is 0 Å². The number of aromatic nitrogens is 2. The minimum absolute atomic E-state index is 0.642. The zero-order chi connectivity index (χ0) is 11.1. The number of hydrogen-bond acceptors (Lipinski definition) is 5. The van der Waals surface area contributed by atoms with E-state index < -0.39 is 6.23 Å². The lowest BCUT2D eigenvalue weighted by atomic mass is 10.0. The smallest absolute Gasteiger partial charge is 0.134 e. The molecule has 6 heteroatoms. The zero-order valence-electron chi connectivity index (χ0n) is 8.53. The van der Waals surface area contributed by atoms with Crippen LogP contribution in [0.4, 0.5) is 5.00 Å². The second kappa shape index (κ2) is 3.58. The lowest BCUT2D eigenvalue weighted by Gasteiger charge is -2.20. The number of fused-ring (bicyclic) bond motifs is 1. The molecule has 0 saturated carbocycles. The Kier molecular flexibility index (Phi) is 2.20. The molecule has 3 rings (SSSR count). The fourth-order valence-electron chi connectivity index (χ4n) is 2.08. The van der Waals surface area contributed by atoms with E-state index in [9.17, 15) is 5.11 Å². The average Bonchev–Trinajstić information content (AvgIpc) is 2.86. The Hall–Kier alpha value is -1.37. The molecule has 3 heterocycles. The third-order valence-corrected chi connectivity index (χ3v) is 3.92. The van der Waals surface area contributed by atoms with Crippen LogP contribution in [0.1, 0.15) is 17.4 Å². The van der Waals surface area contributed by atoms with Crippen molar-refractivity contribution in [2.45, 2.75) is 12.6 Å². The first-order valence-electron chi connectivity index (χ1n) is 5.09. The molecule has 5 nitrogen and oxygen atoms in total. The van der Waals surface area contributed by atoms with Crippen molar-refractivity contribution in [3.63, 3.8) is 0 Å². The second-order valence-electron chi connectivity index (χ2n) is 3.76. The number of nitrogens with one attached hydrogen (secondary N) is 2. The monoisotopic (exact) mass is 236 g/mol. The van der Waals surface area contributed by atoms with E-state index in [1.807, 2.05) is 6.07 Å². The summed E-state index contributed by atoms with van der Waals surface area (Å²) in [5.41, 5.74) is 8.88. The van der Waals surface area contributed by atoms with Crippen LogP contribution in [0.15, 0.2) is 12.3 Å². The van der Waals surface area contributed by atoms with Crippen molar-refractivity contribution in [3.05, 3.63) is 23.4 Å². The summed E-state index contributed by atoms with van der Waals surface area (Å²) < 4.78 is 0. The zero-order valence-corrected chi connectivity index (χ0v) is 9.34. The van der Waals surface area contributed by atoms with Gasteiger partial charge in [0, 0.05) is 18.3 Å². The number of aliphatic hydroxyl groups excluding tert-OH is 1. The van der Waals surface area contributed by atoms with Crippen LogP contribution in [0.3, 0.4) is 0 Å². The van der Waals surface area contributed by atoms with Gasteiger partial charge in [-0.3, -0.25) is 10.4 Å². The molecule has 0 amide bonds.